The molecule has 0 aromatic heterocycles. The van der Waals surface area contributed by atoms with Crippen molar-refractivity contribution in [2.75, 3.05) is 6.54 Å². The third-order valence-corrected chi connectivity index (χ3v) is 3.38. The lowest BCUT2D eigenvalue weighted by atomic mass is 9.98. The summed E-state index contributed by atoms with van der Waals surface area (Å²) in [4.78, 5) is 0. The van der Waals surface area contributed by atoms with Gasteiger partial charge in [0.05, 0.1) is 0 Å². The van der Waals surface area contributed by atoms with E-state index >= 15 is 0 Å². The molecule has 17 heavy (non-hydrogen) atoms. The number of nitrogens with one attached hydrogen (secondary N) is 1. The van der Waals surface area contributed by atoms with Gasteiger partial charge < -0.3 is 5.32 Å². The average molecular weight is 239 g/mol. The largest absolute Gasteiger partial charge is 0.310 e. The van der Waals surface area contributed by atoms with E-state index in [2.05, 4.69) is 12.2 Å². The molecule has 0 heterocycles. The third kappa shape index (κ3) is 2.83. The molecule has 0 aliphatic heterocycles. The van der Waals surface area contributed by atoms with Crippen molar-refractivity contribution < 1.29 is 8.78 Å². The van der Waals surface area contributed by atoms with Crippen molar-refractivity contribution >= 4 is 0 Å². The Morgan fingerprint density at radius 2 is 2.12 bits per heavy atom. The van der Waals surface area contributed by atoms with Crippen LogP contribution in [-0.4, -0.2) is 6.54 Å². The van der Waals surface area contributed by atoms with E-state index in [4.69, 9.17) is 0 Å². The molecule has 0 radical (unpaired) electrons. The first-order valence-corrected chi connectivity index (χ1v) is 6.43. The molecule has 2 rings (SSSR count). The Morgan fingerprint density at radius 1 is 1.29 bits per heavy atom. The van der Waals surface area contributed by atoms with E-state index in [0.717, 1.165) is 50.3 Å². The normalized spacial score (nSPS) is 19.8. The molecule has 3 heteroatoms. The minimum atomic E-state index is -0.466. The Hall–Kier alpha value is -0.960. The first-order valence-electron chi connectivity index (χ1n) is 6.43. The SMILES string of the molecule is CCCNC1CCCCc2c(F)cc(F)cc21. The molecule has 1 aromatic carbocycles. The van der Waals surface area contributed by atoms with Crippen molar-refractivity contribution in [3.63, 3.8) is 0 Å². The molecule has 0 bridgehead atoms. The number of benzene rings is 1. The van der Waals surface area contributed by atoms with Gasteiger partial charge >= 0.3 is 0 Å². The molecular formula is C14H19F2N. The van der Waals surface area contributed by atoms with Gasteiger partial charge in [-0.25, -0.2) is 8.78 Å². The van der Waals surface area contributed by atoms with Gasteiger partial charge in [0.25, 0.3) is 0 Å². The Bertz CT molecular complexity index is 390. The van der Waals surface area contributed by atoms with E-state index < -0.39 is 5.82 Å². The van der Waals surface area contributed by atoms with Gasteiger partial charge in [-0.05, 0) is 49.4 Å². The first kappa shape index (κ1) is 12.5. The van der Waals surface area contributed by atoms with E-state index in [1.54, 1.807) is 0 Å². The summed E-state index contributed by atoms with van der Waals surface area (Å²) in [6, 6.07) is 2.61. The van der Waals surface area contributed by atoms with E-state index in [1.807, 2.05) is 0 Å². The maximum Gasteiger partial charge on any atom is 0.129 e. The van der Waals surface area contributed by atoms with Crippen LogP contribution in [0.25, 0.3) is 0 Å². The highest BCUT2D eigenvalue weighted by atomic mass is 19.1. The highest BCUT2D eigenvalue weighted by molar-refractivity contribution is 5.33. The van der Waals surface area contributed by atoms with Gasteiger partial charge in [0.15, 0.2) is 0 Å². The minimum Gasteiger partial charge on any atom is -0.310 e. The molecule has 1 unspecified atom stereocenters. The second kappa shape index (κ2) is 5.58. The average Bonchev–Trinajstić information content (AvgIpc) is 2.49. The summed E-state index contributed by atoms with van der Waals surface area (Å²) in [6.45, 7) is 2.99. The number of fused-ring (bicyclic) bond motifs is 1. The summed E-state index contributed by atoms with van der Waals surface area (Å²) in [5.74, 6) is -0.850. The van der Waals surface area contributed by atoms with Crippen LogP contribution in [0, 0.1) is 11.6 Å². The van der Waals surface area contributed by atoms with Crippen LogP contribution in [0.5, 0.6) is 0 Å². The van der Waals surface area contributed by atoms with Gasteiger partial charge in [-0.15, -0.1) is 0 Å². The monoisotopic (exact) mass is 239 g/mol. The van der Waals surface area contributed by atoms with Crippen LogP contribution in [0.2, 0.25) is 0 Å². The second-order valence-corrected chi connectivity index (χ2v) is 4.71. The lowest BCUT2D eigenvalue weighted by Crippen LogP contribution is -2.22. The van der Waals surface area contributed by atoms with Gasteiger partial charge in [-0.3, -0.25) is 0 Å². The van der Waals surface area contributed by atoms with Crippen LogP contribution >= 0.6 is 0 Å². The van der Waals surface area contributed by atoms with Gasteiger partial charge in [-0.1, -0.05) is 13.3 Å². The van der Waals surface area contributed by atoms with E-state index in [-0.39, 0.29) is 11.9 Å². The van der Waals surface area contributed by atoms with Crippen LogP contribution in [0.1, 0.15) is 49.8 Å². The Labute approximate surface area is 101 Å². The molecule has 0 fully saturated rings. The molecule has 1 atom stereocenters. The summed E-state index contributed by atoms with van der Waals surface area (Å²) in [5.41, 5.74) is 1.53. The lowest BCUT2D eigenvalue weighted by molar-refractivity contribution is 0.484. The van der Waals surface area contributed by atoms with Crippen molar-refractivity contribution in [2.24, 2.45) is 0 Å². The van der Waals surface area contributed by atoms with Gasteiger partial charge in [0.1, 0.15) is 11.6 Å². The van der Waals surface area contributed by atoms with Crippen LogP contribution < -0.4 is 5.32 Å². The molecule has 1 N–H and O–H groups in total. The minimum absolute atomic E-state index is 0.109. The Kier molecular flexibility index (Phi) is 4.11. The number of halogens is 2. The van der Waals surface area contributed by atoms with Gasteiger partial charge in [-0.2, -0.15) is 0 Å². The first-order chi connectivity index (χ1) is 8.22. The molecule has 1 aliphatic rings. The standard InChI is InChI=1S/C14H19F2N/c1-2-7-17-14-6-4-3-5-11-12(14)8-10(15)9-13(11)16/h8-9,14,17H,2-7H2,1H3. The highest BCUT2D eigenvalue weighted by Gasteiger charge is 2.21. The van der Waals surface area contributed by atoms with Gasteiger partial charge in [0, 0.05) is 12.1 Å². The van der Waals surface area contributed by atoms with Crippen molar-refractivity contribution in [1.29, 1.82) is 0 Å². The molecule has 1 nitrogen and oxygen atoms in total. The van der Waals surface area contributed by atoms with E-state index in [1.165, 1.54) is 6.07 Å². The van der Waals surface area contributed by atoms with Crippen molar-refractivity contribution in [3.8, 4) is 0 Å². The maximum atomic E-state index is 13.7. The predicted octanol–water partition coefficient (Wildman–Crippen LogP) is 3.73. The second-order valence-electron chi connectivity index (χ2n) is 4.71. The summed E-state index contributed by atoms with van der Waals surface area (Å²) < 4.78 is 27.1. The summed E-state index contributed by atoms with van der Waals surface area (Å²) in [7, 11) is 0. The molecule has 94 valence electrons. The third-order valence-electron chi connectivity index (χ3n) is 3.38. The summed E-state index contributed by atoms with van der Waals surface area (Å²) >= 11 is 0. The quantitative estimate of drug-likeness (QED) is 0.792. The van der Waals surface area contributed by atoms with Crippen LogP contribution in [0.4, 0.5) is 8.78 Å². The summed E-state index contributed by atoms with van der Waals surface area (Å²) in [5, 5.41) is 3.39. The molecule has 1 aromatic rings. The van der Waals surface area contributed by atoms with Crippen LogP contribution in [0.3, 0.4) is 0 Å². The maximum absolute atomic E-state index is 13.7. The molecule has 0 amide bonds. The Morgan fingerprint density at radius 3 is 2.88 bits per heavy atom. The van der Waals surface area contributed by atoms with Crippen molar-refractivity contribution in [3.05, 3.63) is 34.9 Å². The number of hydrogen-bond donors (Lipinski definition) is 1. The zero-order chi connectivity index (χ0) is 12.3. The topological polar surface area (TPSA) is 12.0 Å². The fourth-order valence-corrected chi connectivity index (χ4v) is 2.53. The lowest BCUT2D eigenvalue weighted by Gasteiger charge is -2.19. The summed E-state index contributed by atoms with van der Waals surface area (Å²) in [6.07, 6.45) is 4.78. The zero-order valence-corrected chi connectivity index (χ0v) is 10.2. The van der Waals surface area contributed by atoms with Gasteiger partial charge in [0.2, 0.25) is 0 Å². The van der Waals surface area contributed by atoms with Crippen LogP contribution in [-0.2, 0) is 6.42 Å². The highest BCUT2D eigenvalue weighted by Crippen LogP contribution is 2.31. The molecule has 1 aliphatic carbocycles. The molecule has 0 spiro atoms. The molecule has 0 saturated carbocycles. The number of rotatable bonds is 3. The Balaban J connectivity index is 2.33. The number of hydrogen-bond acceptors (Lipinski definition) is 1. The van der Waals surface area contributed by atoms with E-state index in [0.29, 0.717) is 5.56 Å². The fourth-order valence-electron chi connectivity index (χ4n) is 2.53. The smallest absolute Gasteiger partial charge is 0.129 e. The predicted molar refractivity (Wildman–Crippen MR) is 64.9 cm³/mol. The molecule has 0 saturated heterocycles. The fraction of sp³-hybridized carbons (Fsp3) is 0.571. The zero-order valence-electron chi connectivity index (χ0n) is 10.2. The molecular weight excluding hydrogens is 220 g/mol. The van der Waals surface area contributed by atoms with E-state index in [9.17, 15) is 8.78 Å². The van der Waals surface area contributed by atoms with Crippen molar-refractivity contribution in [1.82, 2.24) is 5.32 Å². The van der Waals surface area contributed by atoms with Crippen molar-refractivity contribution in [2.45, 2.75) is 45.1 Å². The van der Waals surface area contributed by atoms with Crippen LogP contribution in [0.15, 0.2) is 12.1 Å².